The van der Waals surface area contributed by atoms with Crippen molar-refractivity contribution in [3.63, 3.8) is 0 Å². The van der Waals surface area contributed by atoms with Crippen LogP contribution in [0.4, 0.5) is 0 Å². The molecule has 0 aliphatic heterocycles. The molecule has 1 N–H and O–H groups in total. The fourth-order valence-corrected chi connectivity index (χ4v) is 1.59. The maximum Gasteiger partial charge on any atom is 0.221 e. The van der Waals surface area contributed by atoms with Crippen LogP contribution >= 0.6 is 0 Å². The largest absolute Gasteiger partial charge is 0.340 e. The predicted octanol–water partition coefficient (Wildman–Crippen LogP) is 2.43. The molecule has 1 aromatic carbocycles. The van der Waals surface area contributed by atoms with Gasteiger partial charge in [-0.1, -0.05) is 37.3 Å². The fraction of sp³-hybridized carbons (Fsp3) is 0.429. The van der Waals surface area contributed by atoms with Crippen molar-refractivity contribution in [2.24, 2.45) is 0 Å². The van der Waals surface area contributed by atoms with Gasteiger partial charge in [-0.3, -0.25) is 4.79 Å². The van der Waals surface area contributed by atoms with E-state index in [0.717, 1.165) is 12.8 Å². The highest BCUT2D eigenvalue weighted by molar-refractivity contribution is 5.76. The van der Waals surface area contributed by atoms with Crippen LogP contribution < -0.4 is 5.32 Å². The molecule has 1 unspecified atom stereocenters. The Hall–Kier alpha value is -1.82. The van der Waals surface area contributed by atoms with E-state index >= 15 is 0 Å². The number of hydrogen-bond donors (Lipinski definition) is 1. The van der Waals surface area contributed by atoms with Gasteiger partial charge in [-0.2, -0.15) is 5.26 Å². The summed E-state index contributed by atoms with van der Waals surface area (Å²) in [6.45, 7) is 1.89. The molecule has 0 aliphatic rings. The summed E-state index contributed by atoms with van der Waals surface area (Å²) in [4.78, 5) is 11.5. The van der Waals surface area contributed by atoms with Gasteiger partial charge >= 0.3 is 0 Å². The Morgan fingerprint density at radius 3 is 2.71 bits per heavy atom. The van der Waals surface area contributed by atoms with Crippen molar-refractivity contribution >= 4 is 5.91 Å². The zero-order chi connectivity index (χ0) is 12.5. The second kappa shape index (κ2) is 7.45. The van der Waals surface area contributed by atoms with E-state index in [1.165, 1.54) is 5.56 Å². The van der Waals surface area contributed by atoms with Gasteiger partial charge in [0, 0.05) is 6.42 Å². The van der Waals surface area contributed by atoms with Crippen LogP contribution in [-0.4, -0.2) is 11.9 Å². The second-order valence-electron chi connectivity index (χ2n) is 4.00. The number of rotatable bonds is 6. The highest BCUT2D eigenvalue weighted by atomic mass is 16.1. The van der Waals surface area contributed by atoms with E-state index < -0.39 is 0 Å². The Bertz CT molecular complexity index is 381. The average molecular weight is 230 g/mol. The van der Waals surface area contributed by atoms with Gasteiger partial charge < -0.3 is 5.32 Å². The molecule has 0 saturated heterocycles. The molecular formula is C14H18N2O. The molecule has 1 atom stereocenters. The van der Waals surface area contributed by atoms with E-state index in [-0.39, 0.29) is 11.9 Å². The van der Waals surface area contributed by atoms with Crippen molar-refractivity contribution in [1.29, 1.82) is 5.26 Å². The number of benzene rings is 1. The summed E-state index contributed by atoms with van der Waals surface area (Å²) in [6.07, 6.45) is 2.85. The number of nitriles is 1. The molecule has 0 fully saturated rings. The number of aryl methyl sites for hydroxylation is 1. The van der Waals surface area contributed by atoms with E-state index in [4.69, 9.17) is 5.26 Å². The SMILES string of the molecule is CCC(C#N)NC(=O)CCCc1ccccc1. The van der Waals surface area contributed by atoms with Crippen LogP contribution in [0.1, 0.15) is 31.7 Å². The van der Waals surface area contributed by atoms with Gasteiger partial charge in [0.1, 0.15) is 6.04 Å². The van der Waals surface area contributed by atoms with E-state index in [9.17, 15) is 4.79 Å². The van der Waals surface area contributed by atoms with Gasteiger partial charge in [-0.15, -0.1) is 0 Å². The van der Waals surface area contributed by atoms with E-state index in [2.05, 4.69) is 23.5 Å². The highest BCUT2D eigenvalue weighted by Gasteiger charge is 2.08. The zero-order valence-corrected chi connectivity index (χ0v) is 10.1. The van der Waals surface area contributed by atoms with Crippen molar-refractivity contribution in [3.05, 3.63) is 35.9 Å². The quantitative estimate of drug-likeness (QED) is 0.816. The van der Waals surface area contributed by atoms with Crippen LogP contribution in [0.3, 0.4) is 0 Å². The van der Waals surface area contributed by atoms with Crippen molar-refractivity contribution < 1.29 is 4.79 Å². The van der Waals surface area contributed by atoms with Crippen LogP contribution in [-0.2, 0) is 11.2 Å². The summed E-state index contributed by atoms with van der Waals surface area (Å²) >= 11 is 0. The Balaban J connectivity index is 2.23. The van der Waals surface area contributed by atoms with Crippen LogP contribution in [0.2, 0.25) is 0 Å². The number of hydrogen-bond acceptors (Lipinski definition) is 2. The minimum Gasteiger partial charge on any atom is -0.340 e. The third-order valence-corrected chi connectivity index (χ3v) is 2.61. The molecule has 1 amide bonds. The fourth-order valence-electron chi connectivity index (χ4n) is 1.59. The number of carbonyl (C=O) groups is 1. The minimum atomic E-state index is -0.348. The maximum atomic E-state index is 11.5. The highest BCUT2D eigenvalue weighted by Crippen LogP contribution is 2.04. The van der Waals surface area contributed by atoms with Crippen molar-refractivity contribution in [2.75, 3.05) is 0 Å². The van der Waals surface area contributed by atoms with Crippen molar-refractivity contribution in [2.45, 2.75) is 38.6 Å². The molecule has 17 heavy (non-hydrogen) atoms. The summed E-state index contributed by atoms with van der Waals surface area (Å²) in [5.74, 6) is -0.0330. The standard InChI is InChI=1S/C14H18N2O/c1-2-13(11-15)16-14(17)10-6-9-12-7-4-3-5-8-12/h3-5,7-8,13H,2,6,9-10H2,1H3,(H,16,17). The Labute approximate surface area is 102 Å². The smallest absolute Gasteiger partial charge is 0.221 e. The number of nitrogens with one attached hydrogen (secondary N) is 1. The Morgan fingerprint density at radius 1 is 1.41 bits per heavy atom. The first-order chi connectivity index (χ1) is 8.26. The summed E-state index contributed by atoms with van der Waals surface area (Å²) in [7, 11) is 0. The molecule has 1 rings (SSSR count). The summed E-state index contributed by atoms with van der Waals surface area (Å²) in [6, 6.07) is 11.8. The minimum absolute atomic E-state index is 0.0330. The van der Waals surface area contributed by atoms with Gasteiger partial charge in [0.25, 0.3) is 0 Å². The average Bonchev–Trinajstić information content (AvgIpc) is 2.37. The Kier molecular flexibility index (Phi) is 5.81. The molecular weight excluding hydrogens is 212 g/mol. The number of nitrogens with zero attached hydrogens (tertiary/aromatic N) is 1. The molecule has 90 valence electrons. The lowest BCUT2D eigenvalue weighted by molar-refractivity contribution is -0.121. The van der Waals surface area contributed by atoms with E-state index in [1.54, 1.807) is 0 Å². The maximum absolute atomic E-state index is 11.5. The first-order valence-electron chi connectivity index (χ1n) is 5.99. The Morgan fingerprint density at radius 2 is 2.12 bits per heavy atom. The van der Waals surface area contributed by atoms with Gasteiger partial charge in [-0.05, 0) is 24.8 Å². The first kappa shape index (κ1) is 13.2. The van der Waals surface area contributed by atoms with Crippen LogP contribution in [0.5, 0.6) is 0 Å². The lowest BCUT2D eigenvalue weighted by Gasteiger charge is -2.08. The monoisotopic (exact) mass is 230 g/mol. The van der Waals surface area contributed by atoms with E-state index in [1.807, 2.05) is 25.1 Å². The summed E-state index contributed by atoms with van der Waals surface area (Å²) < 4.78 is 0. The van der Waals surface area contributed by atoms with Gasteiger partial charge in [0.15, 0.2) is 0 Å². The third-order valence-electron chi connectivity index (χ3n) is 2.61. The van der Waals surface area contributed by atoms with Crippen molar-refractivity contribution in [3.8, 4) is 6.07 Å². The molecule has 0 heterocycles. The molecule has 0 bridgehead atoms. The normalized spacial score (nSPS) is 11.5. The van der Waals surface area contributed by atoms with E-state index in [0.29, 0.717) is 12.8 Å². The number of carbonyl (C=O) groups excluding carboxylic acids is 1. The molecule has 0 aromatic heterocycles. The molecule has 0 spiro atoms. The lowest BCUT2D eigenvalue weighted by Crippen LogP contribution is -2.32. The molecule has 0 aliphatic carbocycles. The van der Waals surface area contributed by atoms with Gasteiger partial charge in [0.05, 0.1) is 6.07 Å². The van der Waals surface area contributed by atoms with Gasteiger partial charge in [-0.25, -0.2) is 0 Å². The molecule has 0 radical (unpaired) electrons. The second-order valence-corrected chi connectivity index (χ2v) is 4.00. The van der Waals surface area contributed by atoms with Crippen LogP contribution in [0.15, 0.2) is 30.3 Å². The van der Waals surface area contributed by atoms with Crippen molar-refractivity contribution in [1.82, 2.24) is 5.32 Å². The van der Waals surface area contributed by atoms with Crippen LogP contribution in [0.25, 0.3) is 0 Å². The zero-order valence-electron chi connectivity index (χ0n) is 10.1. The topological polar surface area (TPSA) is 52.9 Å². The molecule has 3 nitrogen and oxygen atoms in total. The third kappa shape index (κ3) is 5.17. The molecule has 3 heteroatoms. The summed E-state index contributed by atoms with van der Waals surface area (Å²) in [5.41, 5.74) is 1.24. The summed E-state index contributed by atoms with van der Waals surface area (Å²) in [5, 5.41) is 11.4. The van der Waals surface area contributed by atoms with Crippen LogP contribution in [0, 0.1) is 11.3 Å². The first-order valence-corrected chi connectivity index (χ1v) is 5.99. The molecule has 0 saturated carbocycles. The lowest BCUT2D eigenvalue weighted by atomic mass is 10.1. The number of amides is 1. The predicted molar refractivity (Wildman–Crippen MR) is 67.2 cm³/mol. The van der Waals surface area contributed by atoms with Gasteiger partial charge in [0.2, 0.25) is 5.91 Å². The molecule has 1 aromatic rings.